The van der Waals surface area contributed by atoms with Gasteiger partial charge in [-0.15, -0.1) is 0 Å². The molecule has 2 rings (SSSR count). The lowest BCUT2D eigenvalue weighted by Crippen LogP contribution is -2.17. The summed E-state index contributed by atoms with van der Waals surface area (Å²) in [6.45, 7) is 1.70. The molecule has 0 radical (unpaired) electrons. The standard InChI is InChI=1S/C20H15F3N2O/c1-14(11-15-7-3-2-4-8-15)12-16(13-24)19(26)25-18-10-6-5-9-17(18)20(21,22)23/h2-12H,1H3,(H,25,26)/b14-11+,16-12+. The number of nitrogens with one attached hydrogen (secondary N) is 1. The zero-order chi connectivity index (χ0) is 19.2. The summed E-state index contributed by atoms with van der Waals surface area (Å²) in [6, 6.07) is 15.6. The van der Waals surface area contributed by atoms with Crippen LogP contribution in [0.1, 0.15) is 18.1 Å². The zero-order valence-electron chi connectivity index (χ0n) is 13.8. The van der Waals surface area contributed by atoms with Gasteiger partial charge in [-0.05, 0) is 36.3 Å². The number of allylic oxidation sites excluding steroid dienone is 2. The Morgan fingerprint density at radius 3 is 2.31 bits per heavy atom. The van der Waals surface area contributed by atoms with Crippen LogP contribution >= 0.6 is 0 Å². The van der Waals surface area contributed by atoms with Gasteiger partial charge in [-0.3, -0.25) is 4.79 Å². The van der Waals surface area contributed by atoms with E-state index in [2.05, 4.69) is 5.32 Å². The summed E-state index contributed by atoms with van der Waals surface area (Å²) >= 11 is 0. The third-order valence-corrected chi connectivity index (χ3v) is 3.41. The number of hydrogen-bond donors (Lipinski definition) is 1. The molecule has 0 bridgehead atoms. The molecule has 0 aliphatic heterocycles. The summed E-state index contributed by atoms with van der Waals surface area (Å²) in [5.74, 6) is -0.898. The number of nitriles is 1. The Hall–Kier alpha value is -3.33. The Morgan fingerprint density at radius 1 is 1.08 bits per heavy atom. The Bertz CT molecular complexity index is 891. The second-order valence-corrected chi connectivity index (χ2v) is 5.47. The highest BCUT2D eigenvalue weighted by Gasteiger charge is 2.33. The summed E-state index contributed by atoms with van der Waals surface area (Å²) in [4.78, 5) is 12.2. The van der Waals surface area contributed by atoms with E-state index in [0.29, 0.717) is 5.57 Å². The summed E-state index contributed by atoms with van der Waals surface area (Å²) in [7, 11) is 0. The number of benzene rings is 2. The third kappa shape index (κ3) is 5.08. The van der Waals surface area contributed by atoms with E-state index in [9.17, 15) is 23.2 Å². The van der Waals surface area contributed by atoms with Gasteiger partial charge in [0.2, 0.25) is 0 Å². The fourth-order valence-corrected chi connectivity index (χ4v) is 2.26. The Morgan fingerprint density at radius 2 is 1.69 bits per heavy atom. The van der Waals surface area contributed by atoms with E-state index >= 15 is 0 Å². The van der Waals surface area contributed by atoms with Gasteiger partial charge < -0.3 is 5.32 Å². The highest BCUT2D eigenvalue weighted by Crippen LogP contribution is 2.34. The molecular weight excluding hydrogens is 341 g/mol. The first-order valence-electron chi connectivity index (χ1n) is 7.64. The van der Waals surface area contributed by atoms with Crippen LogP contribution in [-0.4, -0.2) is 5.91 Å². The molecule has 0 saturated heterocycles. The van der Waals surface area contributed by atoms with E-state index in [4.69, 9.17) is 0 Å². The van der Waals surface area contributed by atoms with Crippen molar-refractivity contribution in [2.75, 3.05) is 5.32 Å². The van der Waals surface area contributed by atoms with Crippen LogP contribution in [0, 0.1) is 11.3 Å². The Kier molecular flexibility index (Phi) is 5.97. The van der Waals surface area contributed by atoms with E-state index in [-0.39, 0.29) is 5.57 Å². The maximum Gasteiger partial charge on any atom is 0.418 e. The molecule has 132 valence electrons. The molecule has 0 spiro atoms. The van der Waals surface area contributed by atoms with Gasteiger partial charge in [0.1, 0.15) is 11.6 Å². The average molecular weight is 356 g/mol. The van der Waals surface area contributed by atoms with Crippen LogP contribution in [0.15, 0.2) is 71.8 Å². The first-order valence-corrected chi connectivity index (χ1v) is 7.64. The number of hydrogen-bond acceptors (Lipinski definition) is 2. The van der Waals surface area contributed by atoms with Crippen molar-refractivity contribution >= 4 is 17.7 Å². The fourth-order valence-electron chi connectivity index (χ4n) is 2.26. The summed E-state index contributed by atoms with van der Waals surface area (Å²) < 4.78 is 39.0. The molecule has 0 fully saturated rings. The second kappa shape index (κ2) is 8.17. The highest BCUT2D eigenvalue weighted by molar-refractivity contribution is 6.07. The minimum atomic E-state index is -4.61. The second-order valence-electron chi connectivity index (χ2n) is 5.47. The van der Waals surface area contributed by atoms with Gasteiger partial charge in [0.25, 0.3) is 5.91 Å². The summed E-state index contributed by atoms with van der Waals surface area (Å²) in [5.41, 5.74) is -0.155. The van der Waals surface area contributed by atoms with Gasteiger partial charge in [0, 0.05) is 0 Å². The van der Waals surface area contributed by atoms with Gasteiger partial charge in [0.15, 0.2) is 0 Å². The first-order chi connectivity index (χ1) is 12.3. The molecule has 2 aromatic rings. The molecule has 0 aliphatic rings. The fraction of sp³-hybridized carbons (Fsp3) is 0.100. The maximum atomic E-state index is 13.0. The average Bonchev–Trinajstić information content (AvgIpc) is 2.60. The quantitative estimate of drug-likeness (QED) is 0.465. The van der Waals surface area contributed by atoms with Crippen molar-refractivity contribution in [3.05, 3.63) is 82.9 Å². The summed E-state index contributed by atoms with van der Waals surface area (Å²) in [6.07, 6.45) is -1.52. The molecule has 6 heteroatoms. The maximum absolute atomic E-state index is 13.0. The molecule has 26 heavy (non-hydrogen) atoms. The molecule has 0 atom stereocenters. The van der Waals surface area contributed by atoms with Crippen molar-refractivity contribution in [1.29, 1.82) is 5.26 Å². The molecule has 0 heterocycles. The minimum Gasteiger partial charge on any atom is -0.321 e. The number of alkyl halides is 3. The molecule has 1 amide bonds. The van der Waals surface area contributed by atoms with Crippen LogP contribution < -0.4 is 5.32 Å². The topological polar surface area (TPSA) is 52.9 Å². The van der Waals surface area contributed by atoms with Gasteiger partial charge in [-0.1, -0.05) is 48.5 Å². The normalized spacial score (nSPS) is 12.4. The molecule has 0 unspecified atom stereocenters. The Labute approximate surface area is 149 Å². The van der Waals surface area contributed by atoms with E-state index in [1.54, 1.807) is 19.1 Å². The van der Waals surface area contributed by atoms with Crippen molar-refractivity contribution in [3.63, 3.8) is 0 Å². The van der Waals surface area contributed by atoms with E-state index < -0.39 is 23.3 Å². The lowest BCUT2D eigenvalue weighted by atomic mass is 10.1. The van der Waals surface area contributed by atoms with Crippen LogP contribution in [0.4, 0.5) is 18.9 Å². The van der Waals surface area contributed by atoms with Crippen molar-refractivity contribution < 1.29 is 18.0 Å². The van der Waals surface area contributed by atoms with Crippen molar-refractivity contribution in [2.45, 2.75) is 13.1 Å². The van der Waals surface area contributed by atoms with Crippen molar-refractivity contribution in [1.82, 2.24) is 0 Å². The smallest absolute Gasteiger partial charge is 0.321 e. The molecule has 0 aromatic heterocycles. The monoisotopic (exact) mass is 356 g/mol. The van der Waals surface area contributed by atoms with Crippen LogP contribution in [0.5, 0.6) is 0 Å². The summed E-state index contributed by atoms with van der Waals surface area (Å²) in [5, 5.41) is 11.4. The molecule has 0 saturated carbocycles. The van der Waals surface area contributed by atoms with Gasteiger partial charge in [0.05, 0.1) is 11.3 Å². The van der Waals surface area contributed by atoms with Crippen LogP contribution in [0.3, 0.4) is 0 Å². The zero-order valence-corrected chi connectivity index (χ0v) is 13.8. The molecule has 2 aromatic carbocycles. The van der Waals surface area contributed by atoms with E-state index in [1.165, 1.54) is 18.2 Å². The van der Waals surface area contributed by atoms with Gasteiger partial charge >= 0.3 is 6.18 Å². The van der Waals surface area contributed by atoms with E-state index in [0.717, 1.165) is 17.7 Å². The van der Waals surface area contributed by atoms with E-state index in [1.807, 2.05) is 30.3 Å². The minimum absolute atomic E-state index is 0.286. The van der Waals surface area contributed by atoms with Gasteiger partial charge in [-0.25, -0.2) is 0 Å². The van der Waals surface area contributed by atoms with Crippen molar-refractivity contribution in [3.8, 4) is 6.07 Å². The number of halogens is 3. The number of carbonyl (C=O) groups is 1. The predicted molar refractivity (Wildman–Crippen MR) is 93.9 cm³/mol. The van der Waals surface area contributed by atoms with Crippen LogP contribution in [-0.2, 0) is 11.0 Å². The largest absolute Gasteiger partial charge is 0.418 e. The SMILES string of the molecule is CC(=C\c1ccccc1)/C=C(\C#N)C(=O)Nc1ccccc1C(F)(F)F. The lowest BCUT2D eigenvalue weighted by Gasteiger charge is -2.13. The molecular formula is C20H15F3N2O. The number of nitrogens with zero attached hydrogens (tertiary/aromatic N) is 1. The lowest BCUT2D eigenvalue weighted by molar-refractivity contribution is -0.137. The van der Waals surface area contributed by atoms with Crippen molar-refractivity contribution in [2.24, 2.45) is 0 Å². The third-order valence-electron chi connectivity index (χ3n) is 3.41. The number of amides is 1. The molecule has 3 nitrogen and oxygen atoms in total. The number of carbonyl (C=O) groups excluding carboxylic acids is 1. The predicted octanol–water partition coefficient (Wildman–Crippen LogP) is 5.20. The van der Waals surface area contributed by atoms with Crippen LogP contribution in [0.2, 0.25) is 0 Å². The van der Waals surface area contributed by atoms with Gasteiger partial charge in [-0.2, -0.15) is 18.4 Å². The molecule has 1 N–H and O–H groups in total. The van der Waals surface area contributed by atoms with Crippen LogP contribution in [0.25, 0.3) is 6.08 Å². The first kappa shape index (κ1) is 19.0. The number of anilines is 1. The Balaban J connectivity index is 2.25. The number of rotatable bonds is 4. The number of para-hydroxylation sites is 1. The highest BCUT2D eigenvalue weighted by atomic mass is 19.4. The molecule has 0 aliphatic carbocycles.